The van der Waals surface area contributed by atoms with Gasteiger partial charge in [0.05, 0.1) is 6.54 Å². The molecule has 2 saturated heterocycles. The molecule has 2 fully saturated rings. The summed E-state index contributed by atoms with van der Waals surface area (Å²) in [4.78, 5) is 12.0. The zero-order chi connectivity index (χ0) is 15.4. The second kappa shape index (κ2) is 8.90. The molecule has 3 rings (SSSR count). The molecule has 0 spiro atoms. The van der Waals surface area contributed by atoms with Crippen LogP contribution in [0.3, 0.4) is 0 Å². The summed E-state index contributed by atoms with van der Waals surface area (Å²) < 4.78 is 6.63. The predicted molar refractivity (Wildman–Crippen MR) is 97.2 cm³/mol. The second-order valence-corrected chi connectivity index (χ2v) is 7.25. The zero-order valence-electron chi connectivity index (χ0n) is 13.1. The maximum atomic E-state index is 12.0. The van der Waals surface area contributed by atoms with Crippen molar-refractivity contribution in [2.45, 2.75) is 44.2 Å². The van der Waals surface area contributed by atoms with Gasteiger partial charge in [0.25, 0.3) is 0 Å². The number of halogens is 2. The van der Waals surface area contributed by atoms with Crippen molar-refractivity contribution in [3.8, 4) is 5.75 Å². The van der Waals surface area contributed by atoms with Gasteiger partial charge < -0.3 is 15.4 Å². The number of benzene rings is 1. The van der Waals surface area contributed by atoms with Crippen molar-refractivity contribution in [3.05, 3.63) is 28.7 Å². The number of fused-ring (bicyclic) bond motifs is 2. The number of carbonyl (C=O) groups is 1. The van der Waals surface area contributed by atoms with E-state index in [1.165, 1.54) is 12.8 Å². The smallest absolute Gasteiger partial charge is 0.220 e. The van der Waals surface area contributed by atoms with E-state index in [2.05, 4.69) is 26.6 Å². The van der Waals surface area contributed by atoms with Gasteiger partial charge in [0, 0.05) is 23.0 Å². The van der Waals surface area contributed by atoms with Crippen LogP contribution < -0.4 is 15.4 Å². The van der Waals surface area contributed by atoms with Crippen molar-refractivity contribution < 1.29 is 9.53 Å². The van der Waals surface area contributed by atoms with Gasteiger partial charge in [-0.2, -0.15) is 0 Å². The lowest BCUT2D eigenvalue weighted by atomic mass is 9.89. The van der Waals surface area contributed by atoms with Gasteiger partial charge in [0.1, 0.15) is 12.4 Å². The Hall–Kier alpha value is -0.780. The van der Waals surface area contributed by atoms with Crippen LogP contribution in [0.5, 0.6) is 5.75 Å². The number of amides is 1. The van der Waals surface area contributed by atoms with E-state index in [1.807, 2.05) is 24.3 Å². The van der Waals surface area contributed by atoms with Crippen molar-refractivity contribution in [1.29, 1.82) is 0 Å². The van der Waals surface area contributed by atoms with Crippen molar-refractivity contribution in [3.63, 3.8) is 0 Å². The first-order valence-electron chi connectivity index (χ1n) is 8.10. The molecule has 1 amide bonds. The van der Waals surface area contributed by atoms with Gasteiger partial charge in [-0.15, -0.1) is 12.4 Å². The van der Waals surface area contributed by atoms with Crippen LogP contribution in [-0.2, 0) is 4.79 Å². The van der Waals surface area contributed by atoms with Crippen LogP contribution in [0.1, 0.15) is 32.1 Å². The number of ether oxygens (including phenoxy) is 1. The minimum atomic E-state index is 0. The Balaban J connectivity index is 0.00000192. The fraction of sp³-hybridized carbons (Fsp3) is 0.588. The van der Waals surface area contributed by atoms with Crippen LogP contribution in [-0.4, -0.2) is 31.1 Å². The Bertz CT molecular complexity index is 500. The average molecular weight is 404 g/mol. The number of hydrogen-bond acceptors (Lipinski definition) is 3. The lowest BCUT2D eigenvalue weighted by molar-refractivity contribution is -0.122. The molecule has 0 aliphatic carbocycles. The first kappa shape index (κ1) is 18.6. The molecular weight excluding hydrogens is 380 g/mol. The average Bonchev–Trinajstić information content (AvgIpc) is 2.84. The van der Waals surface area contributed by atoms with Gasteiger partial charge in [-0.25, -0.2) is 0 Å². The number of rotatable bonds is 6. The van der Waals surface area contributed by atoms with Crippen LogP contribution >= 0.6 is 28.3 Å². The normalized spacial score (nSPS) is 25.5. The maximum Gasteiger partial charge on any atom is 0.220 e. The summed E-state index contributed by atoms with van der Waals surface area (Å²) in [6, 6.07) is 9.01. The summed E-state index contributed by atoms with van der Waals surface area (Å²) >= 11 is 3.39. The largest absolute Gasteiger partial charge is 0.492 e. The summed E-state index contributed by atoms with van der Waals surface area (Å²) in [7, 11) is 0. The van der Waals surface area contributed by atoms with Crippen molar-refractivity contribution in [2.75, 3.05) is 13.2 Å². The standard InChI is InChI=1S/C17H23BrN2O2.ClH/c18-13-1-5-16(6-2-13)22-8-7-19-17(21)11-12-9-14-3-4-15(10-12)20-14;/h1-2,5-6,12,14-15,20H,3-4,7-11H2,(H,19,21);1H. The molecule has 2 aliphatic heterocycles. The molecule has 0 aromatic heterocycles. The van der Waals surface area contributed by atoms with Gasteiger partial charge in [-0.05, 0) is 55.9 Å². The quantitative estimate of drug-likeness (QED) is 0.717. The van der Waals surface area contributed by atoms with Gasteiger partial charge in [-0.1, -0.05) is 15.9 Å². The minimum absolute atomic E-state index is 0. The monoisotopic (exact) mass is 402 g/mol. The van der Waals surface area contributed by atoms with Crippen LogP contribution in [0.25, 0.3) is 0 Å². The van der Waals surface area contributed by atoms with E-state index < -0.39 is 0 Å². The summed E-state index contributed by atoms with van der Waals surface area (Å²) in [6.45, 7) is 1.07. The Labute approximate surface area is 152 Å². The minimum Gasteiger partial charge on any atom is -0.492 e. The Morgan fingerprint density at radius 2 is 1.87 bits per heavy atom. The van der Waals surface area contributed by atoms with Crippen molar-refractivity contribution >= 4 is 34.2 Å². The molecule has 2 bridgehead atoms. The predicted octanol–water partition coefficient (Wildman–Crippen LogP) is 3.29. The molecule has 4 nitrogen and oxygen atoms in total. The van der Waals surface area contributed by atoms with E-state index in [4.69, 9.17) is 4.74 Å². The number of piperidine rings is 1. The molecule has 6 heteroatoms. The molecule has 128 valence electrons. The molecule has 2 aliphatic rings. The van der Waals surface area contributed by atoms with E-state index in [9.17, 15) is 4.79 Å². The van der Waals surface area contributed by atoms with Crippen LogP contribution in [0.15, 0.2) is 28.7 Å². The summed E-state index contributed by atoms with van der Waals surface area (Å²) in [6.07, 6.45) is 5.53. The maximum absolute atomic E-state index is 12.0. The van der Waals surface area contributed by atoms with Gasteiger partial charge in [0.15, 0.2) is 0 Å². The van der Waals surface area contributed by atoms with E-state index in [1.54, 1.807) is 0 Å². The van der Waals surface area contributed by atoms with Gasteiger partial charge in [0.2, 0.25) is 5.91 Å². The first-order valence-corrected chi connectivity index (χ1v) is 8.89. The molecule has 1 aromatic rings. The lowest BCUT2D eigenvalue weighted by Crippen LogP contribution is -2.40. The summed E-state index contributed by atoms with van der Waals surface area (Å²) in [5.41, 5.74) is 0. The Morgan fingerprint density at radius 1 is 1.22 bits per heavy atom. The fourth-order valence-corrected chi connectivity index (χ4v) is 3.83. The number of nitrogens with one attached hydrogen (secondary N) is 2. The lowest BCUT2D eigenvalue weighted by Gasteiger charge is -2.28. The first-order chi connectivity index (χ1) is 10.7. The highest BCUT2D eigenvalue weighted by Crippen LogP contribution is 2.32. The zero-order valence-corrected chi connectivity index (χ0v) is 15.5. The second-order valence-electron chi connectivity index (χ2n) is 6.33. The highest BCUT2D eigenvalue weighted by Gasteiger charge is 2.33. The molecule has 2 unspecified atom stereocenters. The van der Waals surface area contributed by atoms with Crippen molar-refractivity contribution in [2.24, 2.45) is 5.92 Å². The third-order valence-electron chi connectivity index (χ3n) is 4.55. The molecule has 0 saturated carbocycles. The highest BCUT2D eigenvalue weighted by atomic mass is 79.9. The van der Waals surface area contributed by atoms with E-state index in [0.717, 1.165) is 23.1 Å². The molecule has 2 atom stereocenters. The topological polar surface area (TPSA) is 50.4 Å². The highest BCUT2D eigenvalue weighted by molar-refractivity contribution is 9.10. The fourth-order valence-electron chi connectivity index (χ4n) is 3.57. The summed E-state index contributed by atoms with van der Waals surface area (Å²) in [5.74, 6) is 1.53. The Kier molecular flexibility index (Phi) is 7.18. The van der Waals surface area contributed by atoms with E-state index >= 15 is 0 Å². The van der Waals surface area contributed by atoms with Crippen LogP contribution in [0.2, 0.25) is 0 Å². The molecule has 2 heterocycles. The third-order valence-corrected chi connectivity index (χ3v) is 5.08. The number of carbonyl (C=O) groups excluding carboxylic acids is 1. The van der Waals surface area contributed by atoms with Crippen LogP contribution in [0, 0.1) is 5.92 Å². The SMILES string of the molecule is Cl.O=C(CC1CC2CCC(C1)N2)NCCOc1ccc(Br)cc1. The summed E-state index contributed by atoms with van der Waals surface area (Å²) in [5, 5.41) is 6.58. The Morgan fingerprint density at radius 3 is 2.52 bits per heavy atom. The molecule has 23 heavy (non-hydrogen) atoms. The molecule has 0 radical (unpaired) electrons. The van der Waals surface area contributed by atoms with Crippen molar-refractivity contribution in [1.82, 2.24) is 10.6 Å². The molecule has 2 N–H and O–H groups in total. The molecular formula is C17H24BrClN2O2. The van der Waals surface area contributed by atoms with Crippen LogP contribution in [0.4, 0.5) is 0 Å². The molecule has 1 aromatic carbocycles. The van der Waals surface area contributed by atoms with E-state index in [-0.39, 0.29) is 18.3 Å². The third kappa shape index (κ3) is 5.66. The van der Waals surface area contributed by atoms with Gasteiger partial charge >= 0.3 is 0 Å². The van der Waals surface area contributed by atoms with E-state index in [0.29, 0.717) is 37.6 Å². The van der Waals surface area contributed by atoms with Gasteiger partial charge in [-0.3, -0.25) is 4.79 Å². The number of hydrogen-bond donors (Lipinski definition) is 2.